The van der Waals surface area contributed by atoms with Crippen LogP contribution in [0, 0.1) is 5.92 Å². The van der Waals surface area contributed by atoms with Crippen LogP contribution in [0.25, 0.3) is 0 Å². The molecule has 0 radical (unpaired) electrons. The number of aldehydes is 1. The highest BCUT2D eigenvalue weighted by Gasteiger charge is 2.15. The van der Waals surface area contributed by atoms with E-state index in [-0.39, 0.29) is 12.2 Å². The Kier molecular flexibility index (Phi) is 4.25. The first kappa shape index (κ1) is 9.68. The molecule has 1 heterocycles. The van der Waals surface area contributed by atoms with E-state index in [2.05, 4.69) is 0 Å². The fraction of sp³-hybridized carbons (Fsp3) is 0.889. The second-order valence-electron chi connectivity index (χ2n) is 3.22. The smallest absolute Gasteiger partial charge is 0.157 e. The summed E-state index contributed by atoms with van der Waals surface area (Å²) in [5, 5.41) is 0. The van der Waals surface area contributed by atoms with Gasteiger partial charge < -0.3 is 14.3 Å². The van der Waals surface area contributed by atoms with Crippen LogP contribution < -0.4 is 0 Å². The SMILES string of the molecule is CC(C=O)CCCC1OCCO1. The van der Waals surface area contributed by atoms with Crippen LogP contribution in [0.2, 0.25) is 0 Å². The molecule has 1 atom stereocenters. The Hall–Kier alpha value is -0.410. The van der Waals surface area contributed by atoms with Crippen LogP contribution in [0.4, 0.5) is 0 Å². The standard InChI is InChI=1S/C9H16O3/c1-8(7-10)3-2-4-9-11-5-6-12-9/h7-9H,2-6H2,1H3. The third-order valence-electron chi connectivity index (χ3n) is 2.02. The van der Waals surface area contributed by atoms with Crippen molar-refractivity contribution < 1.29 is 14.3 Å². The maximum absolute atomic E-state index is 10.3. The molecule has 0 aromatic carbocycles. The van der Waals surface area contributed by atoms with Gasteiger partial charge in [0.2, 0.25) is 0 Å². The van der Waals surface area contributed by atoms with Crippen molar-refractivity contribution >= 4 is 6.29 Å². The molecule has 0 aromatic heterocycles. The highest BCUT2D eigenvalue weighted by atomic mass is 16.7. The van der Waals surface area contributed by atoms with E-state index in [1.54, 1.807) is 0 Å². The summed E-state index contributed by atoms with van der Waals surface area (Å²) in [5.41, 5.74) is 0. The maximum atomic E-state index is 10.3. The first-order chi connectivity index (χ1) is 5.83. The van der Waals surface area contributed by atoms with Crippen molar-refractivity contribution in [1.82, 2.24) is 0 Å². The first-order valence-corrected chi connectivity index (χ1v) is 4.51. The Morgan fingerprint density at radius 1 is 1.50 bits per heavy atom. The molecule has 0 aliphatic carbocycles. The normalized spacial score (nSPS) is 21.1. The Labute approximate surface area is 73.0 Å². The van der Waals surface area contributed by atoms with Gasteiger partial charge in [0.1, 0.15) is 6.29 Å². The number of ether oxygens (including phenoxy) is 2. The van der Waals surface area contributed by atoms with Crippen LogP contribution in [-0.2, 0) is 14.3 Å². The highest BCUT2D eigenvalue weighted by molar-refractivity contribution is 5.52. The van der Waals surface area contributed by atoms with Crippen LogP contribution in [0.3, 0.4) is 0 Å². The van der Waals surface area contributed by atoms with Gasteiger partial charge in [-0.25, -0.2) is 0 Å². The third-order valence-corrected chi connectivity index (χ3v) is 2.02. The molecule has 1 saturated heterocycles. The van der Waals surface area contributed by atoms with Crippen molar-refractivity contribution in [3.63, 3.8) is 0 Å². The van der Waals surface area contributed by atoms with E-state index in [4.69, 9.17) is 9.47 Å². The lowest BCUT2D eigenvalue weighted by Gasteiger charge is -2.08. The zero-order valence-electron chi connectivity index (χ0n) is 7.49. The van der Waals surface area contributed by atoms with Gasteiger partial charge in [-0.15, -0.1) is 0 Å². The summed E-state index contributed by atoms with van der Waals surface area (Å²) in [5.74, 6) is 0.173. The van der Waals surface area contributed by atoms with E-state index in [0.29, 0.717) is 13.2 Å². The molecule has 1 fully saturated rings. The number of rotatable bonds is 5. The van der Waals surface area contributed by atoms with Gasteiger partial charge in [-0.1, -0.05) is 6.92 Å². The van der Waals surface area contributed by atoms with E-state index in [9.17, 15) is 4.79 Å². The van der Waals surface area contributed by atoms with Crippen molar-refractivity contribution in [2.45, 2.75) is 32.5 Å². The average molecular weight is 172 g/mol. The van der Waals surface area contributed by atoms with Gasteiger partial charge in [0, 0.05) is 5.92 Å². The predicted molar refractivity (Wildman–Crippen MR) is 44.8 cm³/mol. The fourth-order valence-electron chi connectivity index (χ4n) is 1.25. The third kappa shape index (κ3) is 3.32. The van der Waals surface area contributed by atoms with Crippen molar-refractivity contribution in [2.24, 2.45) is 5.92 Å². The van der Waals surface area contributed by atoms with Crippen molar-refractivity contribution in [3.05, 3.63) is 0 Å². The molecular formula is C9H16O3. The van der Waals surface area contributed by atoms with Crippen LogP contribution in [0.15, 0.2) is 0 Å². The molecule has 1 aliphatic rings. The summed E-state index contributed by atoms with van der Waals surface area (Å²) in [6.07, 6.45) is 3.84. The van der Waals surface area contributed by atoms with E-state index >= 15 is 0 Å². The molecule has 70 valence electrons. The lowest BCUT2D eigenvalue weighted by atomic mass is 10.1. The second kappa shape index (κ2) is 5.27. The number of carbonyl (C=O) groups excluding carboxylic acids is 1. The minimum absolute atomic E-state index is 0.0103. The van der Waals surface area contributed by atoms with Crippen LogP contribution in [0.1, 0.15) is 26.2 Å². The monoisotopic (exact) mass is 172 g/mol. The summed E-state index contributed by atoms with van der Waals surface area (Å²) >= 11 is 0. The van der Waals surface area contributed by atoms with E-state index in [1.807, 2.05) is 6.92 Å². The zero-order chi connectivity index (χ0) is 8.81. The lowest BCUT2D eigenvalue weighted by molar-refractivity contribution is -0.111. The van der Waals surface area contributed by atoms with Gasteiger partial charge in [-0.05, 0) is 19.3 Å². The fourth-order valence-corrected chi connectivity index (χ4v) is 1.25. The number of carbonyl (C=O) groups is 1. The Morgan fingerprint density at radius 3 is 2.75 bits per heavy atom. The Bertz CT molecular complexity index is 130. The second-order valence-corrected chi connectivity index (χ2v) is 3.22. The molecule has 12 heavy (non-hydrogen) atoms. The van der Waals surface area contributed by atoms with Crippen molar-refractivity contribution in [2.75, 3.05) is 13.2 Å². The summed E-state index contributed by atoms with van der Waals surface area (Å²) < 4.78 is 10.5. The van der Waals surface area contributed by atoms with Crippen molar-refractivity contribution in [3.8, 4) is 0 Å². The van der Waals surface area contributed by atoms with E-state index in [0.717, 1.165) is 25.5 Å². The molecule has 1 unspecified atom stereocenters. The molecule has 0 saturated carbocycles. The molecule has 0 aromatic rings. The van der Waals surface area contributed by atoms with Crippen LogP contribution in [0.5, 0.6) is 0 Å². The zero-order valence-corrected chi connectivity index (χ0v) is 7.49. The number of hydrogen-bond donors (Lipinski definition) is 0. The Balaban J connectivity index is 1.97. The average Bonchev–Trinajstić information content (AvgIpc) is 2.57. The Morgan fingerprint density at radius 2 is 2.17 bits per heavy atom. The van der Waals surface area contributed by atoms with Gasteiger partial charge in [0.25, 0.3) is 0 Å². The van der Waals surface area contributed by atoms with Crippen molar-refractivity contribution in [1.29, 1.82) is 0 Å². The van der Waals surface area contributed by atoms with Gasteiger partial charge >= 0.3 is 0 Å². The highest BCUT2D eigenvalue weighted by Crippen LogP contribution is 2.13. The molecule has 0 N–H and O–H groups in total. The summed E-state index contributed by atoms with van der Waals surface area (Å²) in [7, 11) is 0. The minimum Gasteiger partial charge on any atom is -0.350 e. The molecular weight excluding hydrogens is 156 g/mol. The summed E-state index contributed by atoms with van der Waals surface area (Å²) in [4.78, 5) is 10.3. The topological polar surface area (TPSA) is 35.5 Å². The predicted octanol–water partition coefficient (Wildman–Crippen LogP) is 1.36. The largest absolute Gasteiger partial charge is 0.350 e. The molecule has 0 bridgehead atoms. The molecule has 1 aliphatic heterocycles. The van der Waals surface area contributed by atoms with E-state index < -0.39 is 0 Å². The van der Waals surface area contributed by atoms with Crippen LogP contribution >= 0.6 is 0 Å². The van der Waals surface area contributed by atoms with Crippen LogP contribution in [-0.4, -0.2) is 25.8 Å². The van der Waals surface area contributed by atoms with Gasteiger partial charge in [0.15, 0.2) is 6.29 Å². The molecule has 0 amide bonds. The maximum Gasteiger partial charge on any atom is 0.157 e. The number of hydrogen-bond acceptors (Lipinski definition) is 3. The molecule has 3 heteroatoms. The molecule has 0 spiro atoms. The van der Waals surface area contributed by atoms with Gasteiger partial charge in [-0.3, -0.25) is 0 Å². The molecule has 1 rings (SSSR count). The molecule has 3 nitrogen and oxygen atoms in total. The minimum atomic E-state index is -0.0103. The summed E-state index contributed by atoms with van der Waals surface area (Å²) in [6.45, 7) is 3.37. The summed E-state index contributed by atoms with van der Waals surface area (Å²) in [6, 6.07) is 0. The van der Waals surface area contributed by atoms with Gasteiger partial charge in [0.05, 0.1) is 13.2 Å². The van der Waals surface area contributed by atoms with Gasteiger partial charge in [-0.2, -0.15) is 0 Å². The quantitative estimate of drug-likeness (QED) is 0.587. The lowest BCUT2D eigenvalue weighted by Crippen LogP contribution is -2.08. The van der Waals surface area contributed by atoms with E-state index in [1.165, 1.54) is 0 Å². The first-order valence-electron chi connectivity index (χ1n) is 4.51.